The number of carbonyl (C=O) groups excluding carboxylic acids is 2. The van der Waals surface area contributed by atoms with Crippen molar-refractivity contribution in [1.29, 1.82) is 0 Å². The minimum atomic E-state index is -0.491. The molecule has 0 aliphatic carbocycles. The lowest BCUT2D eigenvalue weighted by atomic mass is 10.1. The van der Waals surface area contributed by atoms with Gasteiger partial charge in [0, 0.05) is 28.3 Å². The van der Waals surface area contributed by atoms with Crippen molar-refractivity contribution in [2.45, 2.75) is 10.6 Å². The second kappa shape index (κ2) is 8.82. The number of rotatable bonds is 4. The zero-order chi connectivity index (χ0) is 17.5. The quantitative estimate of drug-likeness (QED) is 0.554. The van der Waals surface area contributed by atoms with Crippen LogP contribution in [0.4, 0.5) is 4.79 Å². The van der Waals surface area contributed by atoms with Gasteiger partial charge in [-0.05, 0) is 35.9 Å². The van der Waals surface area contributed by atoms with Crippen LogP contribution in [0, 0.1) is 0 Å². The highest BCUT2D eigenvalue weighted by atomic mass is 35.5. The van der Waals surface area contributed by atoms with Crippen LogP contribution in [0.1, 0.15) is 15.9 Å². The molecule has 0 saturated carbocycles. The van der Waals surface area contributed by atoms with Gasteiger partial charge >= 0.3 is 6.03 Å². The predicted octanol–water partition coefficient (Wildman–Crippen LogP) is 3.86. The molecule has 0 saturated heterocycles. The van der Waals surface area contributed by atoms with E-state index < -0.39 is 11.9 Å². The molecule has 5 nitrogen and oxygen atoms in total. The molecule has 0 unspecified atom stereocenters. The maximum atomic E-state index is 11.8. The molecule has 8 heteroatoms. The van der Waals surface area contributed by atoms with Crippen LogP contribution in [0.25, 0.3) is 0 Å². The summed E-state index contributed by atoms with van der Waals surface area (Å²) in [7, 11) is 1.46. The van der Waals surface area contributed by atoms with Gasteiger partial charge in [-0.2, -0.15) is 0 Å². The van der Waals surface area contributed by atoms with Crippen molar-refractivity contribution in [3.63, 3.8) is 0 Å². The summed E-state index contributed by atoms with van der Waals surface area (Å²) in [5.74, 6) is 0.300. The second-order valence-corrected chi connectivity index (χ2v) is 6.58. The van der Waals surface area contributed by atoms with Crippen LogP contribution in [-0.2, 0) is 5.75 Å². The maximum absolute atomic E-state index is 11.8. The Labute approximate surface area is 154 Å². The number of halogens is 2. The van der Waals surface area contributed by atoms with Crippen molar-refractivity contribution < 1.29 is 9.59 Å². The summed E-state index contributed by atoms with van der Waals surface area (Å²) in [4.78, 5) is 23.8. The number of hydrogen-bond donors (Lipinski definition) is 3. The van der Waals surface area contributed by atoms with Gasteiger partial charge in [0.1, 0.15) is 0 Å². The number of benzene rings is 2. The number of hydrogen-bond acceptors (Lipinski definition) is 3. The van der Waals surface area contributed by atoms with Crippen LogP contribution in [0.3, 0.4) is 0 Å². The standard InChI is InChI=1S/C16H15Cl2N3O2S/c1-19-16(23)21-20-15(22)11-4-2-10(3-5-11)9-24-14-8-12(17)6-7-13(14)18/h2-8H,9H2,1H3,(H,20,22)(H2,19,21,23). The summed E-state index contributed by atoms with van der Waals surface area (Å²) in [6.45, 7) is 0. The van der Waals surface area contributed by atoms with Crippen LogP contribution in [-0.4, -0.2) is 19.0 Å². The average Bonchev–Trinajstić information content (AvgIpc) is 2.60. The molecule has 3 amide bonds. The van der Waals surface area contributed by atoms with E-state index in [-0.39, 0.29) is 0 Å². The SMILES string of the molecule is CNC(=O)NNC(=O)c1ccc(CSc2cc(Cl)ccc2Cl)cc1. The fourth-order valence-corrected chi connectivity index (χ4v) is 3.20. The van der Waals surface area contributed by atoms with Crippen LogP contribution < -0.4 is 16.2 Å². The van der Waals surface area contributed by atoms with Crippen molar-refractivity contribution in [1.82, 2.24) is 16.2 Å². The van der Waals surface area contributed by atoms with Crippen LogP contribution in [0.2, 0.25) is 10.0 Å². The van der Waals surface area contributed by atoms with Crippen molar-refractivity contribution in [3.05, 3.63) is 63.6 Å². The molecular formula is C16H15Cl2N3O2S. The summed E-state index contributed by atoms with van der Waals surface area (Å²) in [6.07, 6.45) is 0. The number of thioether (sulfide) groups is 1. The third-order valence-corrected chi connectivity index (χ3v) is 4.82. The Morgan fingerprint density at radius 3 is 2.42 bits per heavy atom. The highest BCUT2D eigenvalue weighted by Gasteiger charge is 2.07. The Kier molecular flexibility index (Phi) is 6.78. The first-order valence-electron chi connectivity index (χ1n) is 6.94. The fraction of sp³-hybridized carbons (Fsp3) is 0.125. The van der Waals surface area contributed by atoms with E-state index >= 15 is 0 Å². The van der Waals surface area contributed by atoms with Crippen molar-refractivity contribution in [2.24, 2.45) is 0 Å². The molecule has 24 heavy (non-hydrogen) atoms. The highest BCUT2D eigenvalue weighted by molar-refractivity contribution is 7.98. The van der Waals surface area contributed by atoms with Gasteiger partial charge in [0.2, 0.25) is 0 Å². The van der Waals surface area contributed by atoms with Crippen LogP contribution in [0.5, 0.6) is 0 Å². The molecule has 0 aliphatic heterocycles. The van der Waals surface area contributed by atoms with Crippen molar-refractivity contribution in [2.75, 3.05) is 7.05 Å². The Balaban J connectivity index is 1.93. The largest absolute Gasteiger partial charge is 0.340 e. The van der Waals surface area contributed by atoms with Gasteiger partial charge < -0.3 is 5.32 Å². The van der Waals surface area contributed by atoms with E-state index in [2.05, 4.69) is 16.2 Å². The van der Waals surface area contributed by atoms with Crippen LogP contribution in [0.15, 0.2) is 47.4 Å². The van der Waals surface area contributed by atoms with Gasteiger partial charge in [-0.15, -0.1) is 11.8 Å². The molecule has 0 fully saturated rings. The summed E-state index contributed by atoms with van der Waals surface area (Å²) < 4.78 is 0. The number of hydrazine groups is 1. The second-order valence-electron chi connectivity index (χ2n) is 4.72. The van der Waals surface area contributed by atoms with E-state index in [0.717, 1.165) is 10.5 Å². The first-order chi connectivity index (χ1) is 11.5. The molecule has 0 radical (unpaired) electrons. The molecule has 126 valence electrons. The molecule has 2 rings (SSSR count). The zero-order valence-electron chi connectivity index (χ0n) is 12.7. The van der Waals surface area contributed by atoms with Crippen LogP contribution >= 0.6 is 35.0 Å². The third kappa shape index (κ3) is 5.33. The normalized spacial score (nSPS) is 10.1. The zero-order valence-corrected chi connectivity index (χ0v) is 15.1. The van der Waals surface area contributed by atoms with Gasteiger partial charge in [-0.1, -0.05) is 35.3 Å². The molecule has 2 aromatic carbocycles. The molecule has 2 aromatic rings. The average molecular weight is 384 g/mol. The Hall–Kier alpha value is -1.89. The lowest BCUT2D eigenvalue weighted by Crippen LogP contribution is -2.45. The smallest absolute Gasteiger partial charge is 0.333 e. The third-order valence-electron chi connectivity index (χ3n) is 3.02. The minimum absolute atomic E-state index is 0.393. The minimum Gasteiger partial charge on any atom is -0.340 e. The van der Waals surface area contributed by atoms with Gasteiger partial charge in [-0.25, -0.2) is 10.2 Å². The Morgan fingerprint density at radius 2 is 1.75 bits per heavy atom. The summed E-state index contributed by atoms with van der Waals surface area (Å²) >= 11 is 13.7. The molecule has 0 atom stereocenters. The first-order valence-corrected chi connectivity index (χ1v) is 8.68. The highest BCUT2D eigenvalue weighted by Crippen LogP contribution is 2.32. The van der Waals surface area contributed by atoms with E-state index in [4.69, 9.17) is 23.2 Å². The number of amides is 3. The topological polar surface area (TPSA) is 70.2 Å². The summed E-state index contributed by atoms with van der Waals surface area (Å²) in [5.41, 5.74) is 6.00. The molecule has 0 aliphatic rings. The monoisotopic (exact) mass is 383 g/mol. The van der Waals surface area contributed by atoms with Gasteiger partial charge in [0.15, 0.2) is 0 Å². The van der Waals surface area contributed by atoms with Crippen molar-refractivity contribution >= 4 is 46.9 Å². The van der Waals surface area contributed by atoms with E-state index in [9.17, 15) is 9.59 Å². The number of nitrogens with one attached hydrogen (secondary N) is 3. The molecular weight excluding hydrogens is 369 g/mol. The summed E-state index contributed by atoms with van der Waals surface area (Å²) in [5, 5.41) is 3.62. The first kappa shape index (κ1) is 18.4. The number of urea groups is 1. The van der Waals surface area contributed by atoms with Gasteiger partial charge in [0.05, 0.1) is 5.02 Å². The summed E-state index contributed by atoms with van der Waals surface area (Å²) in [6, 6.07) is 11.9. The number of carbonyl (C=O) groups is 2. The Bertz CT molecular complexity index is 739. The predicted molar refractivity (Wildman–Crippen MR) is 97.5 cm³/mol. The lowest BCUT2D eigenvalue weighted by molar-refractivity contribution is 0.0936. The molecule has 0 heterocycles. The van der Waals surface area contributed by atoms with Gasteiger partial charge in [0.25, 0.3) is 5.91 Å². The molecule has 0 aromatic heterocycles. The van der Waals surface area contributed by atoms with Gasteiger partial charge in [-0.3, -0.25) is 10.2 Å². The van der Waals surface area contributed by atoms with E-state index in [1.165, 1.54) is 7.05 Å². The maximum Gasteiger partial charge on any atom is 0.333 e. The molecule has 0 bridgehead atoms. The lowest BCUT2D eigenvalue weighted by Gasteiger charge is -2.08. The van der Waals surface area contributed by atoms with Crippen molar-refractivity contribution in [3.8, 4) is 0 Å². The fourth-order valence-electron chi connectivity index (χ4n) is 1.75. The van der Waals surface area contributed by atoms with E-state index in [0.29, 0.717) is 21.4 Å². The van der Waals surface area contributed by atoms with E-state index in [1.807, 2.05) is 18.2 Å². The molecule has 3 N–H and O–H groups in total. The van der Waals surface area contributed by atoms with E-state index in [1.54, 1.807) is 36.0 Å². The molecule has 0 spiro atoms. The Morgan fingerprint density at radius 1 is 1.04 bits per heavy atom.